The molecule has 0 aromatic heterocycles. The van der Waals surface area contributed by atoms with E-state index in [1.165, 1.54) is 12.0 Å². The molecule has 18 heavy (non-hydrogen) atoms. The molecule has 1 fully saturated rings. The number of aliphatic hydroxyl groups is 1. The maximum absolute atomic E-state index is 9.60. The topological polar surface area (TPSA) is 23.5 Å². The third-order valence-electron chi connectivity index (χ3n) is 4.56. The number of rotatable bonds is 3. The van der Waals surface area contributed by atoms with Gasteiger partial charge in [0.15, 0.2) is 0 Å². The van der Waals surface area contributed by atoms with Gasteiger partial charge >= 0.3 is 0 Å². The average Bonchev–Trinajstić information content (AvgIpc) is 3.01. The highest BCUT2D eigenvalue weighted by Crippen LogP contribution is 2.43. The SMILES string of the molecule is OCC1CCC2(CC=CC2)N1Cc1ccccc1. The molecular weight excluding hydrogens is 222 g/mol. The van der Waals surface area contributed by atoms with E-state index in [2.05, 4.69) is 47.4 Å². The Balaban J connectivity index is 1.81. The molecular formula is C16H21NO. The Morgan fingerprint density at radius 2 is 1.89 bits per heavy atom. The van der Waals surface area contributed by atoms with Crippen LogP contribution in [0.4, 0.5) is 0 Å². The first-order chi connectivity index (χ1) is 8.84. The molecule has 0 saturated carbocycles. The first-order valence-electron chi connectivity index (χ1n) is 6.91. The summed E-state index contributed by atoms with van der Waals surface area (Å²) >= 11 is 0. The summed E-state index contributed by atoms with van der Waals surface area (Å²) in [6.45, 7) is 1.25. The molecule has 1 heterocycles. The summed E-state index contributed by atoms with van der Waals surface area (Å²) in [5, 5.41) is 9.60. The van der Waals surface area contributed by atoms with Crippen molar-refractivity contribution in [2.75, 3.05) is 6.61 Å². The van der Waals surface area contributed by atoms with Gasteiger partial charge in [-0.1, -0.05) is 42.5 Å². The Kier molecular flexibility index (Phi) is 3.23. The number of aliphatic hydroxyl groups excluding tert-OH is 1. The van der Waals surface area contributed by atoms with Crippen molar-refractivity contribution in [2.24, 2.45) is 0 Å². The molecule has 1 N–H and O–H groups in total. The second-order valence-corrected chi connectivity index (χ2v) is 5.59. The predicted octanol–water partition coefficient (Wildman–Crippen LogP) is 2.73. The van der Waals surface area contributed by atoms with Gasteiger partial charge in [0.25, 0.3) is 0 Å². The number of likely N-dealkylation sites (tertiary alicyclic amines) is 1. The molecule has 2 heteroatoms. The zero-order chi connectivity index (χ0) is 12.4. The molecule has 96 valence electrons. The number of nitrogens with zero attached hydrogens (tertiary/aromatic N) is 1. The Morgan fingerprint density at radius 3 is 2.56 bits per heavy atom. The Hall–Kier alpha value is -1.12. The summed E-state index contributed by atoms with van der Waals surface area (Å²) in [6.07, 6.45) is 9.26. The van der Waals surface area contributed by atoms with Gasteiger partial charge in [0, 0.05) is 18.1 Å². The molecule has 1 aromatic carbocycles. The van der Waals surface area contributed by atoms with Crippen LogP contribution in [-0.4, -0.2) is 28.2 Å². The van der Waals surface area contributed by atoms with Crippen molar-refractivity contribution >= 4 is 0 Å². The minimum atomic E-state index is 0.286. The fourth-order valence-electron chi connectivity index (χ4n) is 3.52. The average molecular weight is 243 g/mol. The summed E-state index contributed by atoms with van der Waals surface area (Å²) in [5.74, 6) is 0. The lowest BCUT2D eigenvalue weighted by Gasteiger charge is -2.38. The minimum absolute atomic E-state index is 0.286. The Morgan fingerprint density at radius 1 is 1.17 bits per heavy atom. The molecule has 0 radical (unpaired) electrons. The van der Waals surface area contributed by atoms with Gasteiger partial charge in [0.05, 0.1) is 6.61 Å². The quantitative estimate of drug-likeness (QED) is 0.825. The molecule has 0 bridgehead atoms. The maximum atomic E-state index is 9.60. The molecule has 1 saturated heterocycles. The van der Waals surface area contributed by atoms with Crippen LogP contribution >= 0.6 is 0 Å². The van der Waals surface area contributed by atoms with Gasteiger partial charge in [-0.3, -0.25) is 4.90 Å². The van der Waals surface area contributed by atoms with Crippen molar-refractivity contribution in [3.8, 4) is 0 Å². The second kappa shape index (κ2) is 4.87. The molecule has 1 aromatic rings. The van der Waals surface area contributed by atoms with Crippen molar-refractivity contribution in [1.29, 1.82) is 0 Å². The van der Waals surface area contributed by atoms with Crippen molar-refractivity contribution in [1.82, 2.24) is 4.90 Å². The fourth-order valence-corrected chi connectivity index (χ4v) is 3.52. The van der Waals surface area contributed by atoms with Crippen molar-refractivity contribution in [3.63, 3.8) is 0 Å². The lowest BCUT2D eigenvalue weighted by molar-refractivity contribution is 0.0674. The van der Waals surface area contributed by atoms with E-state index in [-0.39, 0.29) is 6.61 Å². The van der Waals surface area contributed by atoms with Crippen molar-refractivity contribution < 1.29 is 5.11 Å². The molecule has 2 nitrogen and oxygen atoms in total. The van der Waals surface area contributed by atoms with Crippen molar-refractivity contribution in [2.45, 2.75) is 43.8 Å². The summed E-state index contributed by atoms with van der Waals surface area (Å²) < 4.78 is 0. The van der Waals surface area contributed by atoms with E-state index in [1.54, 1.807) is 0 Å². The lowest BCUT2D eigenvalue weighted by atomic mass is 9.93. The smallest absolute Gasteiger partial charge is 0.0587 e. The molecule has 0 amide bonds. The highest BCUT2D eigenvalue weighted by atomic mass is 16.3. The highest BCUT2D eigenvalue weighted by Gasteiger charge is 2.45. The van der Waals surface area contributed by atoms with Crippen LogP contribution < -0.4 is 0 Å². The van der Waals surface area contributed by atoms with E-state index >= 15 is 0 Å². The van der Waals surface area contributed by atoms with Crippen LogP contribution in [0.1, 0.15) is 31.2 Å². The van der Waals surface area contributed by atoms with Crippen LogP contribution in [-0.2, 0) is 6.54 Å². The molecule has 1 spiro atoms. The van der Waals surface area contributed by atoms with Gasteiger partial charge in [-0.2, -0.15) is 0 Å². The van der Waals surface area contributed by atoms with Crippen LogP contribution in [0.15, 0.2) is 42.5 Å². The first-order valence-corrected chi connectivity index (χ1v) is 6.91. The second-order valence-electron chi connectivity index (χ2n) is 5.59. The van der Waals surface area contributed by atoms with Gasteiger partial charge < -0.3 is 5.11 Å². The molecule has 1 unspecified atom stereocenters. The summed E-state index contributed by atoms with van der Waals surface area (Å²) in [6, 6.07) is 11.0. The van der Waals surface area contributed by atoms with Gasteiger partial charge in [0.2, 0.25) is 0 Å². The maximum Gasteiger partial charge on any atom is 0.0587 e. The van der Waals surface area contributed by atoms with Crippen LogP contribution in [0.5, 0.6) is 0 Å². The van der Waals surface area contributed by atoms with Gasteiger partial charge in [-0.25, -0.2) is 0 Å². The predicted molar refractivity (Wildman–Crippen MR) is 73.2 cm³/mol. The third kappa shape index (κ3) is 2.00. The lowest BCUT2D eigenvalue weighted by Crippen LogP contribution is -2.46. The first kappa shape index (κ1) is 11.9. The van der Waals surface area contributed by atoms with E-state index < -0.39 is 0 Å². The summed E-state index contributed by atoms with van der Waals surface area (Å²) in [4.78, 5) is 2.54. The number of hydrogen-bond donors (Lipinski definition) is 1. The van der Waals surface area contributed by atoms with E-state index in [0.29, 0.717) is 11.6 Å². The van der Waals surface area contributed by atoms with Crippen LogP contribution in [0.2, 0.25) is 0 Å². The molecule has 3 rings (SSSR count). The summed E-state index contributed by atoms with van der Waals surface area (Å²) in [7, 11) is 0. The number of hydrogen-bond acceptors (Lipinski definition) is 2. The molecule has 1 atom stereocenters. The monoisotopic (exact) mass is 243 g/mol. The van der Waals surface area contributed by atoms with Gasteiger partial charge in [-0.15, -0.1) is 0 Å². The fraction of sp³-hybridized carbons (Fsp3) is 0.500. The van der Waals surface area contributed by atoms with Crippen LogP contribution in [0.25, 0.3) is 0 Å². The molecule has 2 aliphatic rings. The van der Waals surface area contributed by atoms with Gasteiger partial charge in [0.1, 0.15) is 0 Å². The standard InChI is InChI=1S/C16H21NO/c18-13-15-8-11-16(9-4-5-10-16)17(15)12-14-6-2-1-3-7-14/h1-7,15,18H,8-13H2. The van der Waals surface area contributed by atoms with Crippen LogP contribution in [0, 0.1) is 0 Å². The highest BCUT2D eigenvalue weighted by molar-refractivity contribution is 5.19. The Bertz CT molecular complexity index is 418. The zero-order valence-electron chi connectivity index (χ0n) is 10.8. The minimum Gasteiger partial charge on any atom is -0.395 e. The van der Waals surface area contributed by atoms with E-state index in [0.717, 1.165) is 25.8 Å². The third-order valence-corrected chi connectivity index (χ3v) is 4.56. The Labute approximate surface area is 109 Å². The van der Waals surface area contributed by atoms with Crippen molar-refractivity contribution in [3.05, 3.63) is 48.0 Å². The van der Waals surface area contributed by atoms with E-state index in [9.17, 15) is 5.11 Å². The largest absolute Gasteiger partial charge is 0.395 e. The van der Waals surface area contributed by atoms with Gasteiger partial charge in [-0.05, 0) is 31.2 Å². The normalized spacial score (nSPS) is 26.2. The number of benzene rings is 1. The molecule has 1 aliphatic carbocycles. The van der Waals surface area contributed by atoms with E-state index in [4.69, 9.17) is 0 Å². The molecule has 1 aliphatic heterocycles. The van der Waals surface area contributed by atoms with Crippen LogP contribution in [0.3, 0.4) is 0 Å². The van der Waals surface area contributed by atoms with E-state index in [1.807, 2.05) is 0 Å². The summed E-state index contributed by atoms with van der Waals surface area (Å²) in [5.41, 5.74) is 1.65. The zero-order valence-corrected chi connectivity index (χ0v) is 10.8.